The van der Waals surface area contributed by atoms with E-state index in [1.54, 1.807) is 24.5 Å². The van der Waals surface area contributed by atoms with Crippen LogP contribution in [0.2, 0.25) is 0 Å². The Hall–Kier alpha value is -2.16. The molecule has 2 rings (SSSR count). The average Bonchev–Trinajstić information content (AvgIpc) is 2.38. The molecule has 1 aromatic carbocycles. The molecule has 1 heterocycles. The van der Waals surface area contributed by atoms with Gasteiger partial charge in [-0.05, 0) is 24.6 Å². The van der Waals surface area contributed by atoms with E-state index in [-0.39, 0.29) is 11.8 Å². The van der Waals surface area contributed by atoms with Crippen LogP contribution < -0.4 is 0 Å². The second-order valence-electron chi connectivity index (χ2n) is 3.77. The molecule has 0 aliphatic heterocycles. The summed E-state index contributed by atoms with van der Waals surface area (Å²) in [6, 6.07) is 13.3. The highest BCUT2D eigenvalue weighted by Gasteiger charge is 2.02. The van der Waals surface area contributed by atoms with Crippen molar-refractivity contribution in [3.63, 3.8) is 0 Å². The van der Waals surface area contributed by atoms with Crippen molar-refractivity contribution >= 4 is 6.21 Å². The Bertz CT molecular complexity index is 509. The summed E-state index contributed by atoms with van der Waals surface area (Å²) in [5.41, 5.74) is 1.63. The molecule has 1 atom stereocenters. The molecule has 0 aliphatic rings. The first kappa shape index (κ1) is 11.3. The highest BCUT2D eigenvalue weighted by Crippen LogP contribution is 2.17. The van der Waals surface area contributed by atoms with Gasteiger partial charge in [-0.2, -0.15) is 0 Å². The van der Waals surface area contributed by atoms with Crippen molar-refractivity contribution in [3.05, 3.63) is 59.9 Å². The number of benzene rings is 1. The van der Waals surface area contributed by atoms with Gasteiger partial charge in [0.15, 0.2) is 0 Å². The first-order valence-corrected chi connectivity index (χ1v) is 5.49. The summed E-state index contributed by atoms with van der Waals surface area (Å²) in [6.45, 7) is 2.01. The lowest BCUT2D eigenvalue weighted by atomic mass is 10.1. The maximum absolute atomic E-state index is 9.54. The molecule has 1 N–H and O–H groups in total. The fraction of sp³-hybridized carbons (Fsp3) is 0.143. The second-order valence-corrected chi connectivity index (χ2v) is 3.77. The van der Waals surface area contributed by atoms with Gasteiger partial charge in [-0.1, -0.05) is 30.3 Å². The third-order valence-corrected chi connectivity index (χ3v) is 2.52. The third-order valence-electron chi connectivity index (χ3n) is 2.52. The average molecular weight is 226 g/mol. The summed E-state index contributed by atoms with van der Waals surface area (Å²) in [5.74, 6) is 0.150. The van der Waals surface area contributed by atoms with Crippen molar-refractivity contribution in [2.24, 2.45) is 4.99 Å². The van der Waals surface area contributed by atoms with Crippen LogP contribution >= 0.6 is 0 Å². The number of hydrogen-bond donors (Lipinski definition) is 1. The van der Waals surface area contributed by atoms with Gasteiger partial charge >= 0.3 is 0 Å². The molecule has 3 heteroatoms. The van der Waals surface area contributed by atoms with Crippen molar-refractivity contribution in [3.8, 4) is 5.75 Å². The van der Waals surface area contributed by atoms with E-state index in [1.807, 2.05) is 37.3 Å². The predicted octanol–water partition coefficient (Wildman–Crippen LogP) is 2.97. The lowest BCUT2D eigenvalue weighted by Gasteiger charge is -2.05. The summed E-state index contributed by atoms with van der Waals surface area (Å²) in [6.07, 6.45) is 3.24. The minimum Gasteiger partial charge on any atom is -0.506 e. The lowest BCUT2D eigenvalue weighted by Crippen LogP contribution is -1.92. The van der Waals surface area contributed by atoms with E-state index in [0.29, 0.717) is 5.69 Å². The van der Waals surface area contributed by atoms with Gasteiger partial charge in [0.2, 0.25) is 0 Å². The van der Waals surface area contributed by atoms with E-state index < -0.39 is 0 Å². The highest BCUT2D eigenvalue weighted by atomic mass is 16.3. The second kappa shape index (κ2) is 5.25. The SMILES string of the molecule is CC(N=Cc1ncccc1O)c1ccccc1. The van der Waals surface area contributed by atoms with Crippen LogP contribution in [0.1, 0.15) is 24.2 Å². The first-order valence-electron chi connectivity index (χ1n) is 5.49. The molecule has 1 aromatic heterocycles. The maximum atomic E-state index is 9.54. The minimum atomic E-state index is 0.0533. The summed E-state index contributed by atoms with van der Waals surface area (Å²) >= 11 is 0. The molecule has 0 saturated carbocycles. The fourth-order valence-corrected chi connectivity index (χ4v) is 1.51. The molecule has 86 valence electrons. The molecule has 0 aliphatic carbocycles. The van der Waals surface area contributed by atoms with Crippen LogP contribution in [0.5, 0.6) is 5.75 Å². The Morgan fingerprint density at radius 2 is 1.94 bits per heavy atom. The van der Waals surface area contributed by atoms with Gasteiger partial charge < -0.3 is 5.11 Å². The number of hydrogen-bond acceptors (Lipinski definition) is 3. The van der Waals surface area contributed by atoms with Crippen LogP contribution in [-0.4, -0.2) is 16.3 Å². The molecule has 0 amide bonds. The third kappa shape index (κ3) is 2.91. The van der Waals surface area contributed by atoms with Crippen LogP contribution in [0.25, 0.3) is 0 Å². The van der Waals surface area contributed by atoms with Gasteiger partial charge in [0.25, 0.3) is 0 Å². The maximum Gasteiger partial charge on any atom is 0.142 e. The number of nitrogens with zero attached hydrogens (tertiary/aromatic N) is 2. The Balaban J connectivity index is 2.14. The standard InChI is InChI=1S/C14H14N2O/c1-11(12-6-3-2-4-7-12)16-10-13-14(17)8-5-9-15-13/h2-11,17H,1H3. The van der Waals surface area contributed by atoms with Gasteiger partial charge in [0, 0.05) is 6.20 Å². The van der Waals surface area contributed by atoms with Crippen LogP contribution in [0, 0.1) is 0 Å². The largest absolute Gasteiger partial charge is 0.506 e. The van der Waals surface area contributed by atoms with Crippen LogP contribution in [0.3, 0.4) is 0 Å². The first-order chi connectivity index (χ1) is 8.27. The van der Waals surface area contributed by atoms with E-state index in [2.05, 4.69) is 9.98 Å². The minimum absolute atomic E-state index is 0.0533. The fourth-order valence-electron chi connectivity index (χ4n) is 1.51. The summed E-state index contributed by atoms with van der Waals surface area (Å²) in [5, 5.41) is 9.54. The zero-order valence-electron chi connectivity index (χ0n) is 9.62. The summed E-state index contributed by atoms with van der Waals surface area (Å²) in [7, 11) is 0. The highest BCUT2D eigenvalue weighted by molar-refractivity contribution is 5.80. The van der Waals surface area contributed by atoms with Gasteiger partial charge in [-0.15, -0.1) is 0 Å². The molecule has 0 spiro atoms. The number of aromatic hydroxyl groups is 1. The van der Waals surface area contributed by atoms with Crippen molar-refractivity contribution < 1.29 is 5.11 Å². The van der Waals surface area contributed by atoms with Gasteiger partial charge in [0.05, 0.1) is 12.3 Å². The molecular weight excluding hydrogens is 212 g/mol. The van der Waals surface area contributed by atoms with E-state index >= 15 is 0 Å². The monoisotopic (exact) mass is 226 g/mol. The molecule has 0 bridgehead atoms. The lowest BCUT2D eigenvalue weighted by molar-refractivity contribution is 0.471. The van der Waals surface area contributed by atoms with Crippen molar-refractivity contribution in [2.75, 3.05) is 0 Å². The molecule has 0 radical (unpaired) electrons. The van der Waals surface area contributed by atoms with E-state index in [0.717, 1.165) is 5.56 Å². The zero-order chi connectivity index (χ0) is 12.1. The number of rotatable bonds is 3. The molecule has 0 fully saturated rings. The van der Waals surface area contributed by atoms with Crippen LogP contribution in [0.15, 0.2) is 53.7 Å². The summed E-state index contributed by atoms with van der Waals surface area (Å²) in [4.78, 5) is 8.42. The molecule has 2 aromatic rings. The Morgan fingerprint density at radius 1 is 1.18 bits per heavy atom. The smallest absolute Gasteiger partial charge is 0.142 e. The molecule has 3 nitrogen and oxygen atoms in total. The van der Waals surface area contributed by atoms with Crippen molar-refractivity contribution in [1.29, 1.82) is 0 Å². The van der Waals surface area contributed by atoms with Crippen LogP contribution in [0.4, 0.5) is 0 Å². The zero-order valence-corrected chi connectivity index (χ0v) is 9.62. The Labute approximate surface area is 100 Å². The van der Waals surface area contributed by atoms with E-state index in [9.17, 15) is 5.11 Å². The Morgan fingerprint density at radius 3 is 2.65 bits per heavy atom. The van der Waals surface area contributed by atoms with Crippen LogP contribution in [-0.2, 0) is 0 Å². The molecule has 1 unspecified atom stereocenters. The molecule has 0 saturated heterocycles. The van der Waals surface area contributed by atoms with E-state index in [1.165, 1.54) is 0 Å². The summed E-state index contributed by atoms with van der Waals surface area (Å²) < 4.78 is 0. The predicted molar refractivity (Wildman–Crippen MR) is 68.4 cm³/mol. The van der Waals surface area contributed by atoms with E-state index in [4.69, 9.17) is 0 Å². The number of pyridine rings is 1. The molecule has 17 heavy (non-hydrogen) atoms. The van der Waals surface area contributed by atoms with Gasteiger partial charge in [-0.25, -0.2) is 0 Å². The number of aromatic nitrogens is 1. The van der Waals surface area contributed by atoms with Crippen molar-refractivity contribution in [2.45, 2.75) is 13.0 Å². The topological polar surface area (TPSA) is 45.5 Å². The van der Waals surface area contributed by atoms with Gasteiger partial charge in [-0.3, -0.25) is 9.98 Å². The van der Waals surface area contributed by atoms with Gasteiger partial charge in [0.1, 0.15) is 11.4 Å². The Kier molecular flexibility index (Phi) is 3.50. The number of aliphatic imine (C=N–C) groups is 1. The molecular formula is C14H14N2O. The normalized spacial score (nSPS) is 12.8. The quantitative estimate of drug-likeness (QED) is 0.818. The van der Waals surface area contributed by atoms with Crippen molar-refractivity contribution in [1.82, 2.24) is 4.98 Å².